The average Bonchev–Trinajstić information content (AvgIpc) is 2.31. The number of H-pyrrole nitrogens is 1. The Morgan fingerprint density at radius 1 is 1.00 bits per heavy atom. The molecule has 3 rings (SSSR count). The first kappa shape index (κ1) is 10.6. The number of benzene rings is 2. The van der Waals surface area contributed by atoms with Crippen molar-refractivity contribution in [2.24, 2.45) is 0 Å². The van der Waals surface area contributed by atoms with Crippen LogP contribution in [0, 0.1) is 0 Å². The van der Waals surface area contributed by atoms with Crippen molar-refractivity contribution in [1.29, 1.82) is 0 Å². The van der Waals surface area contributed by atoms with Crippen LogP contribution in [0.5, 0.6) is 0 Å². The van der Waals surface area contributed by atoms with Crippen LogP contribution in [0.1, 0.15) is 0 Å². The summed E-state index contributed by atoms with van der Waals surface area (Å²) in [4.78, 5) is 15.4. The summed E-state index contributed by atoms with van der Waals surface area (Å²) in [6.45, 7) is 0. The van der Waals surface area contributed by atoms with E-state index in [4.69, 9.17) is 23.2 Å². The number of halogens is 2. The fraction of sp³-hybridized carbons (Fsp3) is 0. The van der Waals surface area contributed by atoms with Crippen molar-refractivity contribution >= 4 is 45.0 Å². The van der Waals surface area contributed by atoms with Crippen molar-refractivity contribution in [1.82, 2.24) is 4.98 Å². The molecule has 0 aliphatic carbocycles. The van der Waals surface area contributed by atoms with Gasteiger partial charge in [-0.05, 0) is 24.3 Å². The monoisotopic (exact) mass is 263 g/mol. The maximum Gasteiger partial charge on any atom is 0.197 e. The van der Waals surface area contributed by atoms with Crippen LogP contribution < -0.4 is 5.43 Å². The van der Waals surface area contributed by atoms with E-state index in [2.05, 4.69) is 4.98 Å². The smallest absolute Gasteiger partial charge is 0.197 e. The van der Waals surface area contributed by atoms with Crippen LogP contribution in [0.25, 0.3) is 21.8 Å². The van der Waals surface area contributed by atoms with Gasteiger partial charge in [-0.3, -0.25) is 4.79 Å². The van der Waals surface area contributed by atoms with Crippen LogP contribution in [-0.4, -0.2) is 4.98 Å². The highest BCUT2D eigenvalue weighted by Crippen LogP contribution is 2.26. The first-order chi connectivity index (χ1) is 8.16. The lowest BCUT2D eigenvalue weighted by Gasteiger charge is -2.04. The molecule has 0 atom stereocenters. The lowest BCUT2D eigenvalue weighted by molar-refractivity contribution is 1.48. The average molecular weight is 264 g/mol. The van der Waals surface area contributed by atoms with Gasteiger partial charge in [-0.2, -0.15) is 0 Å². The number of fused-ring (bicyclic) bond motifs is 2. The standard InChI is InChI=1S/C13H7Cl2NO/c14-7-5-9-12(10(15)6-7)16-11-4-2-1-3-8(11)13(9)17/h1-6H,(H,16,17). The molecule has 0 unspecified atom stereocenters. The predicted octanol–water partition coefficient (Wildman–Crippen LogP) is 3.99. The van der Waals surface area contributed by atoms with E-state index in [9.17, 15) is 4.79 Å². The first-order valence-electron chi connectivity index (χ1n) is 5.06. The number of hydrogen-bond acceptors (Lipinski definition) is 1. The molecule has 0 aliphatic heterocycles. The van der Waals surface area contributed by atoms with Crippen molar-refractivity contribution < 1.29 is 0 Å². The van der Waals surface area contributed by atoms with Crippen molar-refractivity contribution in [2.75, 3.05) is 0 Å². The molecule has 0 bridgehead atoms. The fourth-order valence-corrected chi connectivity index (χ4v) is 2.49. The molecule has 0 saturated carbocycles. The number of nitrogens with one attached hydrogen (secondary N) is 1. The minimum Gasteiger partial charge on any atom is -0.353 e. The van der Waals surface area contributed by atoms with Crippen LogP contribution in [-0.2, 0) is 0 Å². The maximum atomic E-state index is 12.3. The van der Waals surface area contributed by atoms with Crippen molar-refractivity contribution in [3.63, 3.8) is 0 Å². The third kappa shape index (κ3) is 1.61. The molecule has 0 fully saturated rings. The van der Waals surface area contributed by atoms with Gasteiger partial charge in [-0.1, -0.05) is 35.3 Å². The molecule has 0 spiro atoms. The number of pyridine rings is 1. The number of hydrogen-bond donors (Lipinski definition) is 1. The van der Waals surface area contributed by atoms with Crippen molar-refractivity contribution in [3.05, 3.63) is 56.7 Å². The van der Waals surface area contributed by atoms with E-state index >= 15 is 0 Å². The Labute approximate surface area is 107 Å². The van der Waals surface area contributed by atoms with Crippen LogP contribution in [0.2, 0.25) is 10.0 Å². The van der Waals surface area contributed by atoms with E-state index in [-0.39, 0.29) is 5.43 Å². The summed E-state index contributed by atoms with van der Waals surface area (Å²) in [5.74, 6) is 0. The fourth-order valence-electron chi connectivity index (χ4n) is 1.95. The third-order valence-corrected chi connectivity index (χ3v) is 3.25. The molecule has 4 heteroatoms. The van der Waals surface area contributed by atoms with E-state index in [0.717, 1.165) is 5.52 Å². The summed E-state index contributed by atoms with van der Waals surface area (Å²) in [7, 11) is 0. The number of para-hydroxylation sites is 1. The Morgan fingerprint density at radius 3 is 2.59 bits per heavy atom. The molecule has 2 aromatic carbocycles. The van der Waals surface area contributed by atoms with Gasteiger partial charge in [0.2, 0.25) is 0 Å². The quantitative estimate of drug-likeness (QED) is 0.612. The van der Waals surface area contributed by atoms with Gasteiger partial charge in [-0.15, -0.1) is 0 Å². The predicted molar refractivity (Wildman–Crippen MR) is 72.1 cm³/mol. The van der Waals surface area contributed by atoms with Crippen LogP contribution >= 0.6 is 23.2 Å². The van der Waals surface area contributed by atoms with Crippen LogP contribution in [0.3, 0.4) is 0 Å². The molecular formula is C13H7Cl2NO. The zero-order valence-electron chi connectivity index (χ0n) is 8.63. The Bertz CT molecular complexity index is 792. The summed E-state index contributed by atoms with van der Waals surface area (Å²) in [5, 5.41) is 2.07. The topological polar surface area (TPSA) is 32.9 Å². The van der Waals surface area contributed by atoms with Gasteiger partial charge in [0.15, 0.2) is 5.43 Å². The number of rotatable bonds is 0. The number of aromatic nitrogens is 1. The van der Waals surface area contributed by atoms with Crippen molar-refractivity contribution in [3.8, 4) is 0 Å². The SMILES string of the molecule is O=c1c2ccccc2[nH]c2c(Cl)cc(Cl)cc12. The summed E-state index contributed by atoms with van der Waals surface area (Å²) in [6, 6.07) is 10.6. The molecule has 2 nitrogen and oxygen atoms in total. The second-order valence-corrected chi connectivity index (χ2v) is 4.65. The molecule has 1 aromatic heterocycles. The highest BCUT2D eigenvalue weighted by Gasteiger charge is 2.08. The Hall–Kier alpha value is -1.51. The van der Waals surface area contributed by atoms with E-state index < -0.39 is 0 Å². The van der Waals surface area contributed by atoms with Gasteiger partial charge in [-0.25, -0.2) is 0 Å². The zero-order chi connectivity index (χ0) is 12.0. The molecule has 0 aliphatic rings. The molecule has 3 aromatic rings. The van der Waals surface area contributed by atoms with Gasteiger partial charge >= 0.3 is 0 Å². The lowest BCUT2D eigenvalue weighted by Crippen LogP contribution is -2.04. The van der Waals surface area contributed by atoms with E-state index in [1.165, 1.54) is 0 Å². The molecule has 17 heavy (non-hydrogen) atoms. The minimum atomic E-state index is -0.0567. The summed E-state index contributed by atoms with van der Waals surface area (Å²) >= 11 is 12.0. The van der Waals surface area contributed by atoms with Crippen LogP contribution in [0.4, 0.5) is 0 Å². The Morgan fingerprint density at radius 2 is 1.76 bits per heavy atom. The largest absolute Gasteiger partial charge is 0.353 e. The zero-order valence-corrected chi connectivity index (χ0v) is 10.1. The molecule has 0 radical (unpaired) electrons. The molecule has 1 heterocycles. The second kappa shape index (κ2) is 3.76. The summed E-state index contributed by atoms with van der Waals surface area (Å²) in [5.41, 5.74) is 1.34. The summed E-state index contributed by atoms with van der Waals surface area (Å²) in [6.07, 6.45) is 0. The third-order valence-electron chi connectivity index (χ3n) is 2.73. The van der Waals surface area contributed by atoms with Crippen molar-refractivity contribution in [2.45, 2.75) is 0 Å². The normalized spacial score (nSPS) is 11.2. The summed E-state index contributed by atoms with van der Waals surface area (Å²) < 4.78 is 0. The van der Waals surface area contributed by atoms with E-state index in [0.29, 0.717) is 26.3 Å². The lowest BCUT2D eigenvalue weighted by atomic mass is 10.1. The minimum absolute atomic E-state index is 0.0567. The highest BCUT2D eigenvalue weighted by atomic mass is 35.5. The van der Waals surface area contributed by atoms with Gasteiger partial charge in [0, 0.05) is 21.3 Å². The Kier molecular flexibility index (Phi) is 2.35. The second-order valence-electron chi connectivity index (χ2n) is 3.81. The Balaban J connectivity index is 2.64. The number of aromatic amines is 1. The molecule has 0 amide bonds. The van der Waals surface area contributed by atoms with Gasteiger partial charge in [0.05, 0.1) is 10.5 Å². The first-order valence-corrected chi connectivity index (χ1v) is 5.82. The van der Waals surface area contributed by atoms with Gasteiger partial charge in [0.1, 0.15) is 0 Å². The molecule has 84 valence electrons. The maximum absolute atomic E-state index is 12.3. The molecular weight excluding hydrogens is 257 g/mol. The molecule has 0 saturated heterocycles. The van der Waals surface area contributed by atoms with Crippen LogP contribution in [0.15, 0.2) is 41.2 Å². The van der Waals surface area contributed by atoms with E-state index in [1.807, 2.05) is 18.2 Å². The highest BCUT2D eigenvalue weighted by molar-refractivity contribution is 6.38. The van der Waals surface area contributed by atoms with E-state index in [1.54, 1.807) is 18.2 Å². The van der Waals surface area contributed by atoms with Gasteiger partial charge < -0.3 is 4.98 Å². The van der Waals surface area contributed by atoms with Gasteiger partial charge in [0.25, 0.3) is 0 Å². The molecule has 1 N–H and O–H groups in total.